The van der Waals surface area contributed by atoms with Crippen LogP contribution >= 0.6 is 23.2 Å². The number of halogens is 2. The number of aromatic nitrogens is 3. The van der Waals surface area contributed by atoms with Gasteiger partial charge in [-0.3, -0.25) is 4.79 Å². The van der Waals surface area contributed by atoms with Crippen molar-refractivity contribution in [1.29, 1.82) is 0 Å². The van der Waals surface area contributed by atoms with Gasteiger partial charge in [0.05, 0.1) is 10.5 Å². The molecule has 2 unspecified atom stereocenters. The first kappa shape index (κ1) is 34.8. The number of rotatable bonds is 13. The van der Waals surface area contributed by atoms with Gasteiger partial charge in [-0.2, -0.15) is 4.98 Å². The van der Waals surface area contributed by atoms with E-state index in [1.807, 2.05) is 57.2 Å². The normalized spacial score (nSPS) is 18.6. The van der Waals surface area contributed by atoms with Crippen LogP contribution in [0.2, 0.25) is 10.0 Å². The van der Waals surface area contributed by atoms with E-state index in [2.05, 4.69) is 39.6 Å². The Bertz CT molecular complexity index is 1690. The van der Waals surface area contributed by atoms with Crippen LogP contribution in [0.3, 0.4) is 0 Å². The summed E-state index contributed by atoms with van der Waals surface area (Å²) in [5.74, 6) is 1.19. The molecule has 0 saturated heterocycles. The fourth-order valence-corrected chi connectivity index (χ4v) is 7.22. The van der Waals surface area contributed by atoms with Crippen molar-refractivity contribution in [3.05, 3.63) is 81.0 Å². The van der Waals surface area contributed by atoms with Crippen molar-refractivity contribution in [2.75, 3.05) is 0 Å². The van der Waals surface area contributed by atoms with E-state index in [1.54, 1.807) is 6.07 Å². The number of carbonyl (C=O) groups is 2. The average Bonchev–Trinajstić information content (AvgIpc) is 3.65. The van der Waals surface area contributed by atoms with Gasteiger partial charge < -0.3 is 24.9 Å². The predicted octanol–water partition coefficient (Wildman–Crippen LogP) is 8.46. The monoisotopic (exact) mass is 681 g/mol. The molecule has 5 rings (SSSR count). The molecular weight excluding hydrogens is 637 g/mol. The molecule has 3 N–H and O–H groups in total. The maximum absolute atomic E-state index is 14.3. The van der Waals surface area contributed by atoms with Gasteiger partial charge in [0.15, 0.2) is 5.82 Å². The van der Waals surface area contributed by atoms with E-state index in [1.165, 1.54) is 0 Å². The molecule has 0 bridgehead atoms. The highest BCUT2D eigenvalue weighted by molar-refractivity contribution is 6.38. The molecule has 252 valence electrons. The van der Waals surface area contributed by atoms with Crippen LogP contribution < -0.4 is 10.6 Å². The van der Waals surface area contributed by atoms with Crippen molar-refractivity contribution < 1.29 is 18.8 Å². The summed E-state index contributed by atoms with van der Waals surface area (Å²) in [5.41, 5.74) is 3.30. The molecule has 1 aliphatic rings. The lowest BCUT2D eigenvalue weighted by Gasteiger charge is -2.41. The molecule has 5 atom stereocenters. The highest BCUT2D eigenvalue weighted by atomic mass is 35.5. The Morgan fingerprint density at radius 1 is 1.11 bits per heavy atom. The summed E-state index contributed by atoms with van der Waals surface area (Å²) in [7, 11) is 0. The number of hydrogen-bond acceptors (Lipinski definition) is 6. The van der Waals surface area contributed by atoms with Crippen LogP contribution in [0.5, 0.6) is 0 Å². The number of carbonyl (C=O) groups excluding carboxylic acids is 2. The molecule has 2 aromatic heterocycles. The topological polar surface area (TPSA) is 122 Å². The van der Waals surface area contributed by atoms with E-state index in [4.69, 9.17) is 32.5 Å². The highest BCUT2D eigenvalue weighted by Gasteiger charge is 2.41. The van der Waals surface area contributed by atoms with Crippen molar-refractivity contribution in [3.8, 4) is 0 Å². The molecule has 11 heteroatoms. The number of H-pyrrole nitrogens is 1. The van der Waals surface area contributed by atoms with Crippen molar-refractivity contribution in [1.82, 2.24) is 25.8 Å². The molecule has 4 aromatic rings. The van der Waals surface area contributed by atoms with E-state index in [9.17, 15) is 9.59 Å². The Morgan fingerprint density at radius 2 is 1.85 bits per heavy atom. The van der Waals surface area contributed by atoms with Crippen molar-refractivity contribution in [3.63, 3.8) is 0 Å². The lowest BCUT2D eigenvalue weighted by molar-refractivity contribution is -0.126. The van der Waals surface area contributed by atoms with Gasteiger partial charge in [-0.1, -0.05) is 99.2 Å². The van der Waals surface area contributed by atoms with E-state index in [0.29, 0.717) is 59.8 Å². The molecule has 1 aliphatic carbocycles. The summed E-state index contributed by atoms with van der Waals surface area (Å²) in [4.78, 5) is 35.4. The summed E-state index contributed by atoms with van der Waals surface area (Å²) in [5, 5.41) is 12.5. The van der Waals surface area contributed by atoms with Gasteiger partial charge in [-0.05, 0) is 74.1 Å². The second-order valence-electron chi connectivity index (χ2n) is 13.1. The van der Waals surface area contributed by atoms with Gasteiger partial charge in [0, 0.05) is 27.6 Å². The minimum absolute atomic E-state index is 0.0275. The smallest absolute Gasteiger partial charge is 0.408 e. The summed E-state index contributed by atoms with van der Waals surface area (Å²) in [6.45, 7) is 10.3. The zero-order valence-electron chi connectivity index (χ0n) is 27.8. The second kappa shape index (κ2) is 15.1. The van der Waals surface area contributed by atoms with Crippen molar-refractivity contribution in [2.45, 2.75) is 104 Å². The second-order valence-corrected chi connectivity index (χ2v) is 14.0. The molecule has 0 spiro atoms. The first-order valence-electron chi connectivity index (χ1n) is 16.6. The average molecular weight is 683 g/mol. The van der Waals surface area contributed by atoms with Crippen LogP contribution in [0.15, 0.2) is 47.0 Å². The van der Waals surface area contributed by atoms with Gasteiger partial charge >= 0.3 is 6.09 Å². The van der Waals surface area contributed by atoms with Crippen LogP contribution in [-0.2, 0) is 29.0 Å². The number of amides is 2. The number of hydrogen-bond donors (Lipinski definition) is 3. The van der Waals surface area contributed by atoms with Gasteiger partial charge in [0.2, 0.25) is 11.8 Å². The summed E-state index contributed by atoms with van der Waals surface area (Å²) in [6.07, 6.45) is 4.40. The third-order valence-corrected chi connectivity index (χ3v) is 10.4. The largest absolute Gasteiger partial charge is 0.445 e. The molecule has 9 nitrogen and oxygen atoms in total. The SMILES string of the molecule is CCC(C)[C@H](NC(=O)OCc1ccccc1)C(=O)N[C@]1(CC[C@H](c2nc(C)no2)C(C)CC)CCc2[nH]c3c(Cl)cc(Cl)cc3c2C1. The number of nitrogens with zero attached hydrogens (tertiary/aromatic N) is 2. The number of nitrogens with one attached hydrogen (secondary N) is 3. The number of fused-ring (bicyclic) bond motifs is 3. The van der Waals surface area contributed by atoms with E-state index >= 15 is 0 Å². The van der Waals surface area contributed by atoms with Crippen LogP contribution in [0.4, 0.5) is 4.79 Å². The van der Waals surface area contributed by atoms with Gasteiger partial charge in [-0.15, -0.1) is 0 Å². The number of aromatic amines is 1. The number of ether oxygens (including phenoxy) is 1. The molecule has 2 aromatic carbocycles. The lowest BCUT2D eigenvalue weighted by Crippen LogP contribution is -2.59. The van der Waals surface area contributed by atoms with Crippen LogP contribution in [0.1, 0.15) is 94.3 Å². The fourth-order valence-electron chi connectivity index (χ4n) is 6.68. The predicted molar refractivity (Wildman–Crippen MR) is 185 cm³/mol. The van der Waals surface area contributed by atoms with Gasteiger partial charge in [-0.25, -0.2) is 4.79 Å². The third kappa shape index (κ3) is 8.12. The van der Waals surface area contributed by atoms with E-state index < -0.39 is 17.7 Å². The van der Waals surface area contributed by atoms with Crippen LogP contribution in [0.25, 0.3) is 10.9 Å². The Kier molecular flexibility index (Phi) is 11.2. The third-order valence-electron chi connectivity index (χ3n) is 9.88. The Balaban J connectivity index is 1.43. The van der Waals surface area contributed by atoms with Crippen LogP contribution in [0, 0.1) is 18.8 Å². The zero-order chi connectivity index (χ0) is 33.7. The molecular formula is C36H45Cl2N5O4. The van der Waals surface area contributed by atoms with E-state index in [0.717, 1.165) is 40.6 Å². The number of benzene rings is 2. The number of aryl methyl sites for hydroxylation is 2. The summed E-state index contributed by atoms with van der Waals surface area (Å²) in [6, 6.07) is 12.4. The standard InChI is InChI=1S/C36H45Cl2N5O4/c1-6-21(3)26(34-39-23(5)43-47-34)13-15-36(16-14-30-28(19-36)27-17-25(37)18-29(38)32(27)40-30)42-33(44)31(22(4)7-2)41-35(45)46-20-24-11-9-8-10-12-24/h8-12,17-18,21-22,26,31,40H,6-7,13-16,19-20H2,1-5H3,(H,41,45)(H,42,44)/t21?,22?,26-,31-,36+/m0/s1. The van der Waals surface area contributed by atoms with Gasteiger partial charge in [0.25, 0.3) is 0 Å². The van der Waals surface area contributed by atoms with Crippen LogP contribution in [-0.4, -0.2) is 38.7 Å². The molecule has 0 radical (unpaired) electrons. The first-order chi connectivity index (χ1) is 22.5. The Labute approximate surface area is 286 Å². The molecule has 0 fully saturated rings. The Morgan fingerprint density at radius 3 is 2.53 bits per heavy atom. The summed E-state index contributed by atoms with van der Waals surface area (Å²) < 4.78 is 11.2. The summed E-state index contributed by atoms with van der Waals surface area (Å²) >= 11 is 13.1. The molecule has 47 heavy (non-hydrogen) atoms. The highest BCUT2D eigenvalue weighted by Crippen LogP contribution is 2.41. The maximum atomic E-state index is 14.3. The quantitative estimate of drug-likeness (QED) is 0.130. The lowest BCUT2D eigenvalue weighted by atomic mass is 9.74. The van der Waals surface area contributed by atoms with Crippen molar-refractivity contribution >= 4 is 46.1 Å². The molecule has 0 aliphatic heterocycles. The molecule has 2 heterocycles. The zero-order valence-corrected chi connectivity index (χ0v) is 29.3. The molecule has 2 amide bonds. The maximum Gasteiger partial charge on any atom is 0.408 e. The first-order valence-corrected chi connectivity index (χ1v) is 17.4. The van der Waals surface area contributed by atoms with Crippen molar-refractivity contribution in [2.24, 2.45) is 11.8 Å². The van der Waals surface area contributed by atoms with E-state index in [-0.39, 0.29) is 24.3 Å². The molecule has 0 saturated carbocycles. The van der Waals surface area contributed by atoms with Gasteiger partial charge in [0.1, 0.15) is 12.6 Å². The minimum atomic E-state index is -0.780. The Hall–Kier alpha value is -3.56. The fraction of sp³-hybridized carbons (Fsp3) is 0.500. The minimum Gasteiger partial charge on any atom is -0.445 e. The number of alkyl carbamates (subject to hydrolysis) is 1.